The summed E-state index contributed by atoms with van der Waals surface area (Å²) in [6, 6.07) is 7.86. The van der Waals surface area contributed by atoms with E-state index in [0.29, 0.717) is 13.0 Å². The van der Waals surface area contributed by atoms with Crippen molar-refractivity contribution in [2.24, 2.45) is 5.73 Å². The van der Waals surface area contributed by atoms with Crippen molar-refractivity contribution in [3.63, 3.8) is 0 Å². The van der Waals surface area contributed by atoms with Crippen LogP contribution in [-0.2, 0) is 4.79 Å². The van der Waals surface area contributed by atoms with Crippen LogP contribution < -0.4 is 11.1 Å². The topological polar surface area (TPSA) is 55.1 Å². The zero-order chi connectivity index (χ0) is 13.4. The molecule has 0 aliphatic carbocycles. The van der Waals surface area contributed by atoms with Crippen LogP contribution in [0.5, 0.6) is 0 Å². The lowest BCUT2D eigenvalue weighted by Gasteiger charge is -2.14. The van der Waals surface area contributed by atoms with Crippen LogP contribution in [0.25, 0.3) is 0 Å². The van der Waals surface area contributed by atoms with Crippen LogP contribution in [-0.4, -0.2) is 12.5 Å². The maximum atomic E-state index is 11.5. The Balaban J connectivity index is 2.73. The highest BCUT2D eigenvalue weighted by atomic mass is 16.1. The molecule has 18 heavy (non-hydrogen) atoms. The van der Waals surface area contributed by atoms with E-state index in [1.165, 1.54) is 0 Å². The number of benzene rings is 1. The standard InChI is InChI=1S/C15H20N2O/c1-3-6-15(18)17-12(2)14-9-4-7-13(11-14)8-5-10-16/h4,7,9,11-12H,3,6,10,16H2,1-2H3,(H,17,18). The normalized spacial score (nSPS) is 11.3. The molecule has 0 bridgehead atoms. The molecule has 1 rings (SSSR count). The number of nitrogens with one attached hydrogen (secondary N) is 1. The predicted octanol–water partition coefficient (Wildman–Crippen LogP) is 1.97. The van der Waals surface area contributed by atoms with Crippen molar-refractivity contribution in [1.82, 2.24) is 5.32 Å². The highest BCUT2D eigenvalue weighted by Crippen LogP contribution is 2.14. The van der Waals surface area contributed by atoms with Crippen molar-refractivity contribution < 1.29 is 4.79 Å². The van der Waals surface area contributed by atoms with Crippen molar-refractivity contribution in [3.05, 3.63) is 35.4 Å². The summed E-state index contributed by atoms with van der Waals surface area (Å²) in [5.41, 5.74) is 7.33. The summed E-state index contributed by atoms with van der Waals surface area (Å²) in [6.45, 7) is 4.32. The van der Waals surface area contributed by atoms with Gasteiger partial charge in [-0.1, -0.05) is 30.9 Å². The Bertz CT molecular complexity index is 457. The largest absolute Gasteiger partial charge is 0.350 e. The first-order valence-electron chi connectivity index (χ1n) is 6.25. The second kappa shape index (κ2) is 7.52. The van der Waals surface area contributed by atoms with Crippen LogP contribution in [0, 0.1) is 11.8 Å². The zero-order valence-corrected chi connectivity index (χ0v) is 11.0. The van der Waals surface area contributed by atoms with Crippen LogP contribution in [0.4, 0.5) is 0 Å². The molecule has 3 heteroatoms. The minimum atomic E-state index is 0.00340. The van der Waals surface area contributed by atoms with Gasteiger partial charge in [-0.3, -0.25) is 4.79 Å². The molecule has 3 nitrogen and oxygen atoms in total. The summed E-state index contributed by atoms with van der Waals surface area (Å²) in [5, 5.41) is 2.97. The van der Waals surface area contributed by atoms with Gasteiger partial charge in [0.2, 0.25) is 5.91 Å². The van der Waals surface area contributed by atoms with E-state index >= 15 is 0 Å². The van der Waals surface area contributed by atoms with E-state index in [1.807, 2.05) is 38.1 Å². The number of nitrogens with two attached hydrogens (primary N) is 1. The first kappa shape index (κ1) is 14.3. The average molecular weight is 244 g/mol. The number of carbonyl (C=O) groups is 1. The molecule has 0 saturated carbocycles. The van der Waals surface area contributed by atoms with Gasteiger partial charge in [-0.05, 0) is 31.0 Å². The zero-order valence-electron chi connectivity index (χ0n) is 11.0. The Hall–Kier alpha value is -1.79. The van der Waals surface area contributed by atoms with Crippen molar-refractivity contribution >= 4 is 5.91 Å². The van der Waals surface area contributed by atoms with Gasteiger partial charge in [0.1, 0.15) is 0 Å². The second-order valence-corrected chi connectivity index (χ2v) is 4.17. The molecule has 0 heterocycles. The smallest absolute Gasteiger partial charge is 0.220 e. The SMILES string of the molecule is CCCC(=O)NC(C)c1cccc(C#CCN)c1. The second-order valence-electron chi connectivity index (χ2n) is 4.17. The maximum absolute atomic E-state index is 11.5. The fourth-order valence-electron chi connectivity index (χ4n) is 1.66. The van der Waals surface area contributed by atoms with Gasteiger partial charge in [0.05, 0.1) is 12.6 Å². The summed E-state index contributed by atoms with van der Waals surface area (Å²) in [4.78, 5) is 11.5. The summed E-state index contributed by atoms with van der Waals surface area (Å²) in [7, 11) is 0. The minimum absolute atomic E-state index is 0.00340. The molecule has 1 unspecified atom stereocenters. The third-order valence-corrected chi connectivity index (χ3v) is 2.58. The lowest BCUT2D eigenvalue weighted by molar-refractivity contribution is -0.121. The van der Waals surface area contributed by atoms with E-state index in [2.05, 4.69) is 17.2 Å². The quantitative estimate of drug-likeness (QED) is 0.796. The van der Waals surface area contributed by atoms with Gasteiger partial charge >= 0.3 is 0 Å². The maximum Gasteiger partial charge on any atom is 0.220 e. The Morgan fingerprint density at radius 1 is 1.50 bits per heavy atom. The van der Waals surface area contributed by atoms with Gasteiger partial charge in [0, 0.05) is 12.0 Å². The van der Waals surface area contributed by atoms with Crippen molar-refractivity contribution in [3.8, 4) is 11.8 Å². The first-order valence-corrected chi connectivity index (χ1v) is 6.25. The summed E-state index contributed by atoms with van der Waals surface area (Å²) >= 11 is 0. The van der Waals surface area contributed by atoms with Gasteiger partial charge in [-0.15, -0.1) is 0 Å². The molecule has 0 spiro atoms. The lowest BCUT2D eigenvalue weighted by Crippen LogP contribution is -2.26. The molecular weight excluding hydrogens is 224 g/mol. The molecule has 1 aromatic rings. The van der Waals surface area contributed by atoms with E-state index in [9.17, 15) is 4.79 Å². The predicted molar refractivity (Wildman–Crippen MR) is 73.8 cm³/mol. The van der Waals surface area contributed by atoms with E-state index < -0.39 is 0 Å². The average Bonchev–Trinajstić information content (AvgIpc) is 2.37. The number of carbonyl (C=O) groups excluding carboxylic acids is 1. The molecule has 1 atom stereocenters. The molecule has 0 radical (unpaired) electrons. The number of hydrogen-bond donors (Lipinski definition) is 2. The highest BCUT2D eigenvalue weighted by molar-refractivity contribution is 5.76. The number of hydrogen-bond acceptors (Lipinski definition) is 2. The van der Waals surface area contributed by atoms with Crippen molar-refractivity contribution in [1.29, 1.82) is 0 Å². The van der Waals surface area contributed by atoms with Crippen LogP contribution in [0.2, 0.25) is 0 Å². The summed E-state index contributed by atoms with van der Waals surface area (Å²) < 4.78 is 0. The van der Waals surface area contributed by atoms with Crippen LogP contribution in [0.15, 0.2) is 24.3 Å². The number of rotatable bonds is 4. The Morgan fingerprint density at radius 2 is 2.28 bits per heavy atom. The Morgan fingerprint density at radius 3 is 2.94 bits per heavy atom. The third kappa shape index (κ3) is 4.60. The summed E-state index contributed by atoms with van der Waals surface area (Å²) in [6.07, 6.45) is 1.43. The van der Waals surface area contributed by atoms with Crippen LogP contribution in [0.3, 0.4) is 0 Å². The fraction of sp³-hybridized carbons (Fsp3) is 0.400. The first-order chi connectivity index (χ1) is 8.67. The Kier molecular flexibility index (Phi) is 5.96. The fourth-order valence-corrected chi connectivity index (χ4v) is 1.66. The molecular formula is C15H20N2O. The van der Waals surface area contributed by atoms with Gasteiger partial charge in [-0.2, -0.15) is 0 Å². The molecule has 0 aliphatic rings. The van der Waals surface area contributed by atoms with Crippen LogP contribution in [0.1, 0.15) is 43.9 Å². The molecule has 0 aliphatic heterocycles. The van der Waals surface area contributed by atoms with Gasteiger partial charge in [0.25, 0.3) is 0 Å². The van der Waals surface area contributed by atoms with Crippen molar-refractivity contribution in [2.45, 2.75) is 32.7 Å². The van der Waals surface area contributed by atoms with E-state index in [1.54, 1.807) is 0 Å². The number of amides is 1. The molecule has 96 valence electrons. The molecule has 1 aromatic carbocycles. The van der Waals surface area contributed by atoms with E-state index in [0.717, 1.165) is 17.5 Å². The van der Waals surface area contributed by atoms with E-state index in [-0.39, 0.29) is 11.9 Å². The van der Waals surface area contributed by atoms with Gasteiger partial charge < -0.3 is 11.1 Å². The minimum Gasteiger partial charge on any atom is -0.350 e. The van der Waals surface area contributed by atoms with Crippen LogP contribution >= 0.6 is 0 Å². The molecule has 3 N–H and O–H groups in total. The summed E-state index contributed by atoms with van der Waals surface area (Å²) in [5.74, 6) is 5.90. The lowest BCUT2D eigenvalue weighted by atomic mass is 10.1. The highest BCUT2D eigenvalue weighted by Gasteiger charge is 2.08. The molecule has 0 fully saturated rings. The molecule has 0 aromatic heterocycles. The van der Waals surface area contributed by atoms with Gasteiger partial charge in [0.15, 0.2) is 0 Å². The third-order valence-electron chi connectivity index (χ3n) is 2.58. The Labute approximate surface area is 109 Å². The van der Waals surface area contributed by atoms with Gasteiger partial charge in [-0.25, -0.2) is 0 Å². The molecule has 1 amide bonds. The van der Waals surface area contributed by atoms with E-state index in [4.69, 9.17) is 5.73 Å². The molecule has 0 saturated heterocycles. The van der Waals surface area contributed by atoms with Crippen molar-refractivity contribution in [2.75, 3.05) is 6.54 Å². The monoisotopic (exact) mass is 244 g/mol.